The first-order valence-corrected chi connectivity index (χ1v) is 8.29. The molecule has 1 fully saturated rings. The predicted molar refractivity (Wildman–Crippen MR) is 86.5 cm³/mol. The first-order chi connectivity index (χ1) is 11.5. The molecule has 0 unspecified atom stereocenters. The van der Waals surface area contributed by atoms with Crippen LogP contribution >= 0.6 is 0 Å². The van der Waals surface area contributed by atoms with Crippen LogP contribution in [0, 0.1) is 19.8 Å². The lowest BCUT2D eigenvalue weighted by Gasteiger charge is -2.29. The van der Waals surface area contributed by atoms with Gasteiger partial charge in [0.15, 0.2) is 11.6 Å². The number of carbonyl (C=O) groups excluding carboxylic acids is 1. The van der Waals surface area contributed by atoms with E-state index in [2.05, 4.69) is 38.0 Å². The fraction of sp³-hybridized carbons (Fsp3) is 0.667. The van der Waals surface area contributed by atoms with E-state index in [0.717, 1.165) is 25.0 Å². The molecule has 0 spiro atoms. The van der Waals surface area contributed by atoms with Crippen molar-refractivity contribution in [3.05, 3.63) is 17.4 Å². The number of nitrogens with zero attached hydrogens (tertiary/aromatic N) is 5. The molecule has 1 saturated carbocycles. The lowest BCUT2D eigenvalue weighted by molar-refractivity contribution is 0.232. The minimum absolute atomic E-state index is 0.219. The first kappa shape index (κ1) is 16.4. The Labute approximate surface area is 140 Å². The van der Waals surface area contributed by atoms with Crippen molar-refractivity contribution in [1.82, 2.24) is 30.5 Å². The van der Waals surface area contributed by atoms with Crippen LogP contribution in [0.1, 0.15) is 50.0 Å². The number of anilines is 1. The molecule has 2 heterocycles. The van der Waals surface area contributed by atoms with Gasteiger partial charge in [0.1, 0.15) is 6.54 Å². The third-order valence-electron chi connectivity index (χ3n) is 4.50. The Kier molecular flexibility index (Phi) is 4.77. The van der Waals surface area contributed by atoms with E-state index in [9.17, 15) is 4.79 Å². The summed E-state index contributed by atoms with van der Waals surface area (Å²) in [6.45, 7) is 6.09. The second-order valence-electron chi connectivity index (χ2n) is 6.38. The van der Waals surface area contributed by atoms with Gasteiger partial charge in [0.2, 0.25) is 5.89 Å². The van der Waals surface area contributed by atoms with Crippen LogP contribution in [0.25, 0.3) is 0 Å². The number of amides is 2. The zero-order valence-corrected chi connectivity index (χ0v) is 14.2. The van der Waals surface area contributed by atoms with Crippen LogP contribution in [0.3, 0.4) is 0 Å². The van der Waals surface area contributed by atoms with Gasteiger partial charge in [-0.05, 0) is 25.7 Å². The zero-order valence-electron chi connectivity index (χ0n) is 14.2. The van der Waals surface area contributed by atoms with Crippen LogP contribution in [0.15, 0.2) is 4.52 Å². The molecule has 0 aromatic carbocycles. The van der Waals surface area contributed by atoms with Gasteiger partial charge < -0.3 is 9.84 Å². The normalized spacial score (nSPS) is 20.8. The monoisotopic (exact) mass is 333 g/mol. The van der Waals surface area contributed by atoms with E-state index in [1.807, 2.05) is 6.92 Å². The van der Waals surface area contributed by atoms with E-state index in [-0.39, 0.29) is 12.1 Å². The van der Waals surface area contributed by atoms with Crippen molar-refractivity contribution in [3.63, 3.8) is 0 Å². The highest BCUT2D eigenvalue weighted by atomic mass is 16.5. The number of aryl methyl sites for hydroxylation is 1. The summed E-state index contributed by atoms with van der Waals surface area (Å²) in [6, 6.07) is -0.0179. The lowest BCUT2D eigenvalue weighted by atomic mass is 9.86. The molecule has 9 heteroatoms. The number of urea groups is 1. The van der Waals surface area contributed by atoms with Crippen molar-refractivity contribution in [2.45, 2.75) is 59.0 Å². The zero-order chi connectivity index (χ0) is 17.1. The largest absolute Gasteiger partial charge is 0.340 e. The Hall–Kier alpha value is -2.45. The van der Waals surface area contributed by atoms with Crippen molar-refractivity contribution in [1.29, 1.82) is 0 Å². The van der Waals surface area contributed by atoms with Crippen molar-refractivity contribution < 1.29 is 9.32 Å². The number of carbonyl (C=O) groups is 1. The van der Waals surface area contributed by atoms with Gasteiger partial charge in [0.05, 0.1) is 5.69 Å². The number of rotatable bonds is 4. The molecule has 0 aliphatic heterocycles. The van der Waals surface area contributed by atoms with Gasteiger partial charge in [-0.15, -0.1) is 5.10 Å². The Bertz CT molecular complexity index is 708. The number of hydrogen-bond acceptors (Lipinski definition) is 6. The second kappa shape index (κ2) is 6.98. The van der Waals surface area contributed by atoms with Gasteiger partial charge in [-0.2, -0.15) is 4.98 Å². The summed E-state index contributed by atoms with van der Waals surface area (Å²) in [6.07, 6.45) is 4.58. The standard InChI is InChI=1S/C15H23N7O2/c1-9-6-4-5-7-12(9)17-15(23)18-14-10(2)22(21-19-14)8-13-16-11(3)24-20-13/h9,12H,4-8H2,1-3H3,(H2,17,18,23)/t9-,12-/m0/s1. The topological polar surface area (TPSA) is 111 Å². The summed E-state index contributed by atoms with van der Waals surface area (Å²) in [5.74, 6) is 1.97. The van der Waals surface area contributed by atoms with E-state index in [1.54, 1.807) is 11.6 Å². The third kappa shape index (κ3) is 3.72. The number of aromatic nitrogens is 5. The first-order valence-electron chi connectivity index (χ1n) is 8.29. The van der Waals surface area contributed by atoms with E-state index in [0.29, 0.717) is 30.0 Å². The van der Waals surface area contributed by atoms with Crippen LogP contribution in [-0.2, 0) is 6.54 Å². The van der Waals surface area contributed by atoms with Crippen molar-refractivity contribution in [2.24, 2.45) is 5.92 Å². The van der Waals surface area contributed by atoms with Gasteiger partial charge in [0, 0.05) is 13.0 Å². The van der Waals surface area contributed by atoms with Crippen LogP contribution in [0.4, 0.5) is 10.6 Å². The molecule has 2 atom stereocenters. The molecule has 1 aliphatic rings. The Morgan fingerprint density at radius 1 is 1.33 bits per heavy atom. The van der Waals surface area contributed by atoms with Gasteiger partial charge in [-0.1, -0.05) is 30.1 Å². The van der Waals surface area contributed by atoms with Crippen molar-refractivity contribution in [2.75, 3.05) is 5.32 Å². The van der Waals surface area contributed by atoms with Crippen LogP contribution in [0.5, 0.6) is 0 Å². The molecule has 2 aromatic heterocycles. The second-order valence-corrected chi connectivity index (χ2v) is 6.38. The number of nitrogens with one attached hydrogen (secondary N) is 2. The summed E-state index contributed by atoms with van der Waals surface area (Å²) in [5.41, 5.74) is 0.740. The highest BCUT2D eigenvalue weighted by Crippen LogP contribution is 2.23. The van der Waals surface area contributed by atoms with Crippen molar-refractivity contribution >= 4 is 11.8 Å². The molecular weight excluding hydrogens is 310 g/mol. The van der Waals surface area contributed by atoms with Gasteiger partial charge >= 0.3 is 6.03 Å². The molecule has 2 N–H and O–H groups in total. The quantitative estimate of drug-likeness (QED) is 0.885. The summed E-state index contributed by atoms with van der Waals surface area (Å²) in [5, 5.41) is 17.7. The van der Waals surface area contributed by atoms with Crippen LogP contribution in [0.2, 0.25) is 0 Å². The third-order valence-corrected chi connectivity index (χ3v) is 4.50. The lowest BCUT2D eigenvalue weighted by Crippen LogP contribution is -2.43. The molecule has 0 bridgehead atoms. The summed E-state index contributed by atoms with van der Waals surface area (Å²) >= 11 is 0. The van der Waals surface area contributed by atoms with Crippen LogP contribution < -0.4 is 10.6 Å². The molecule has 2 aromatic rings. The van der Waals surface area contributed by atoms with Gasteiger partial charge in [-0.3, -0.25) is 5.32 Å². The smallest absolute Gasteiger partial charge is 0.320 e. The van der Waals surface area contributed by atoms with E-state index in [1.165, 1.54) is 6.42 Å². The molecule has 3 rings (SSSR count). The maximum Gasteiger partial charge on any atom is 0.320 e. The fourth-order valence-corrected chi connectivity index (χ4v) is 3.01. The maximum absolute atomic E-state index is 12.2. The SMILES string of the molecule is Cc1nc(Cn2nnc(NC(=O)N[C@H]3CCCC[C@@H]3C)c2C)no1. The van der Waals surface area contributed by atoms with Gasteiger partial charge in [-0.25, -0.2) is 9.48 Å². The molecule has 24 heavy (non-hydrogen) atoms. The minimum atomic E-state index is -0.237. The van der Waals surface area contributed by atoms with E-state index in [4.69, 9.17) is 4.52 Å². The van der Waals surface area contributed by atoms with E-state index >= 15 is 0 Å². The Balaban J connectivity index is 1.60. The van der Waals surface area contributed by atoms with E-state index < -0.39 is 0 Å². The molecule has 1 aliphatic carbocycles. The minimum Gasteiger partial charge on any atom is -0.340 e. The highest BCUT2D eigenvalue weighted by Gasteiger charge is 2.23. The highest BCUT2D eigenvalue weighted by molar-refractivity contribution is 5.88. The van der Waals surface area contributed by atoms with Crippen LogP contribution in [-0.4, -0.2) is 37.2 Å². The molecule has 130 valence electrons. The molecule has 9 nitrogen and oxygen atoms in total. The summed E-state index contributed by atoms with van der Waals surface area (Å²) in [7, 11) is 0. The van der Waals surface area contributed by atoms with Gasteiger partial charge in [0.25, 0.3) is 0 Å². The number of hydrogen-bond donors (Lipinski definition) is 2. The molecular formula is C15H23N7O2. The molecule has 0 saturated heterocycles. The summed E-state index contributed by atoms with van der Waals surface area (Å²) in [4.78, 5) is 16.3. The Morgan fingerprint density at radius 2 is 2.12 bits per heavy atom. The maximum atomic E-state index is 12.2. The predicted octanol–water partition coefficient (Wildman–Crippen LogP) is 2.03. The molecule has 2 amide bonds. The fourth-order valence-electron chi connectivity index (χ4n) is 3.01. The summed E-state index contributed by atoms with van der Waals surface area (Å²) < 4.78 is 6.57. The van der Waals surface area contributed by atoms with Crippen molar-refractivity contribution in [3.8, 4) is 0 Å². The average molecular weight is 333 g/mol. The Morgan fingerprint density at radius 3 is 2.83 bits per heavy atom. The average Bonchev–Trinajstić information content (AvgIpc) is 3.10. The molecule has 0 radical (unpaired) electrons.